The molecule has 0 atom stereocenters. The van der Waals surface area contributed by atoms with Crippen LogP contribution in [0.2, 0.25) is 5.02 Å². The number of aromatic nitrogens is 2. The van der Waals surface area contributed by atoms with Crippen LogP contribution in [0.15, 0.2) is 62.2 Å². The van der Waals surface area contributed by atoms with E-state index in [1.807, 2.05) is 48.5 Å². The third-order valence-electron chi connectivity index (χ3n) is 3.84. The van der Waals surface area contributed by atoms with E-state index in [0.29, 0.717) is 11.6 Å². The van der Waals surface area contributed by atoms with Crippen LogP contribution < -0.4 is 11.0 Å². The van der Waals surface area contributed by atoms with Crippen molar-refractivity contribution in [3.8, 4) is 11.3 Å². The maximum absolute atomic E-state index is 11.3. The Kier molecular flexibility index (Phi) is 4.15. The second-order valence-electron chi connectivity index (χ2n) is 5.58. The lowest BCUT2D eigenvalue weighted by Gasteiger charge is -2.05. The molecule has 0 bridgehead atoms. The van der Waals surface area contributed by atoms with Gasteiger partial charge in [-0.3, -0.25) is 0 Å². The molecule has 126 valence electrons. The normalized spacial score (nSPS) is 11.1. The molecule has 0 fully saturated rings. The molecule has 0 aliphatic heterocycles. The first kappa shape index (κ1) is 16.1. The molecule has 0 spiro atoms. The summed E-state index contributed by atoms with van der Waals surface area (Å²) in [7, 11) is 0. The number of rotatable bonds is 4. The molecule has 0 amide bonds. The van der Waals surface area contributed by atoms with E-state index >= 15 is 0 Å². The minimum Gasteiger partial charge on any atom is -0.459 e. The van der Waals surface area contributed by atoms with Crippen LogP contribution in [0.4, 0.5) is 5.69 Å². The Balaban J connectivity index is 1.51. The fourth-order valence-electron chi connectivity index (χ4n) is 2.64. The van der Waals surface area contributed by atoms with Gasteiger partial charge >= 0.3 is 5.69 Å². The van der Waals surface area contributed by atoms with Crippen molar-refractivity contribution >= 4 is 44.3 Å². The van der Waals surface area contributed by atoms with E-state index in [1.54, 1.807) is 0 Å². The number of hydrogen-bond donors (Lipinski definition) is 3. The number of nitrogens with one attached hydrogen (secondary N) is 3. The van der Waals surface area contributed by atoms with E-state index in [9.17, 15) is 4.79 Å². The maximum Gasteiger partial charge on any atom is 0.323 e. The molecule has 0 saturated heterocycles. The molecule has 2 aromatic heterocycles. The van der Waals surface area contributed by atoms with E-state index in [2.05, 4.69) is 31.2 Å². The summed E-state index contributed by atoms with van der Waals surface area (Å²) in [6.07, 6.45) is 0. The Labute approximate surface area is 156 Å². The zero-order chi connectivity index (χ0) is 17.4. The van der Waals surface area contributed by atoms with Gasteiger partial charge in [-0.2, -0.15) is 0 Å². The number of imidazole rings is 1. The smallest absolute Gasteiger partial charge is 0.323 e. The Bertz CT molecular complexity index is 1110. The summed E-state index contributed by atoms with van der Waals surface area (Å²) in [6.45, 7) is 0.522. The van der Waals surface area contributed by atoms with Gasteiger partial charge in [0.25, 0.3) is 0 Å². The topological polar surface area (TPSA) is 73.8 Å². The minimum atomic E-state index is -0.214. The molecule has 0 radical (unpaired) electrons. The Morgan fingerprint density at radius 3 is 2.72 bits per heavy atom. The van der Waals surface area contributed by atoms with E-state index in [-0.39, 0.29) is 5.69 Å². The molecule has 5 nitrogen and oxygen atoms in total. The van der Waals surface area contributed by atoms with Crippen LogP contribution in [0.3, 0.4) is 0 Å². The molecule has 0 aliphatic rings. The largest absolute Gasteiger partial charge is 0.459 e. The summed E-state index contributed by atoms with van der Waals surface area (Å²) in [5, 5.41) is 3.91. The van der Waals surface area contributed by atoms with Crippen LogP contribution in [0.1, 0.15) is 5.76 Å². The average Bonchev–Trinajstić information content (AvgIpc) is 3.18. The molecule has 2 aromatic carbocycles. The number of hydrogen-bond acceptors (Lipinski definition) is 3. The van der Waals surface area contributed by atoms with Crippen molar-refractivity contribution in [2.45, 2.75) is 6.54 Å². The highest BCUT2D eigenvalue weighted by Crippen LogP contribution is 2.31. The van der Waals surface area contributed by atoms with Gasteiger partial charge in [0.15, 0.2) is 0 Å². The monoisotopic (exact) mass is 417 g/mol. The van der Waals surface area contributed by atoms with Gasteiger partial charge < -0.3 is 19.7 Å². The summed E-state index contributed by atoms with van der Waals surface area (Å²) < 4.78 is 6.80. The molecule has 0 aliphatic carbocycles. The highest BCUT2D eigenvalue weighted by atomic mass is 79.9. The van der Waals surface area contributed by atoms with Crippen LogP contribution in [0.5, 0.6) is 0 Å². The van der Waals surface area contributed by atoms with Crippen molar-refractivity contribution in [1.82, 2.24) is 9.97 Å². The number of aromatic amines is 2. The molecule has 2 heterocycles. The van der Waals surface area contributed by atoms with Crippen molar-refractivity contribution < 1.29 is 4.42 Å². The molecule has 4 aromatic rings. The Hall–Kier alpha value is -2.44. The van der Waals surface area contributed by atoms with Crippen molar-refractivity contribution in [2.75, 3.05) is 5.32 Å². The van der Waals surface area contributed by atoms with Gasteiger partial charge in [0.1, 0.15) is 11.5 Å². The third kappa shape index (κ3) is 3.36. The SMILES string of the molecule is O=c1[nH]c2ccc(NCc3ccc(-c4ccc(Br)cc4Cl)o3)cc2[nH]1. The van der Waals surface area contributed by atoms with Crippen LogP contribution in [0.25, 0.3) is 22.4 Å². The predicted molar refractivity (Wildman–Crippen MR) is 103 cm³/mol. The van der Waals surface area contributed by atoms with Gasteiger partial charge in [-0.05, 0) is 48.5 Å². The van der Waals surface area contributed by atoms with Crippen LogP contribution >= 0.6 is 27.5 Å². The fourth-order valence-corrected chi connectivity index (χ4v) is 3.41. The molecular weight excluding hydrogens is 406 g/mol. The van der Waals surface area contributed by atoms with Gasteiger partial charge in [-0.25, -0.2) is 4.79 Å². The number of benzene rings is 2. The molecular formula is C18H13BrClN3O2. The van der Waals surface area contributed by atoms with Gasteiger partial charge in [-0.1, -0.05) is 27.5 Å². The van der Waals surface area contributed by atoms with Gasteiger partial charge in [0, 0.05) is 15.7 Å². The van der Waals surface area contributed by atoms with Gasteiger partial charge in [-0.15, -0.1) is 0 Å². The second-order valence-corrected chi connectivity index (χ2v) is 6.91. The van der Waals surface area contributed by atoms with Crippen molar-refractivity contribution in [3.05, 3.63) is 74.3 Å². The van der Waals surface area contributed by atoms with Gasteiger partial charge in [0.2, 0.25) is 0 Å². The van der Waals surface area contributed by atoms with Crippen molar-refractivity contribution in [2.24, 2.45) is 0 Å². The average molecular weight is 419 g/mol. The number of anilines is 1. The summed E-state index contributed by atoms with van der Waals surface area (Å²) in [5.74, 6) is 1.51. The molecule has 25 heavy (non-hydrogen) atoms. The van der Waals surface area contributed by atoms with Crippen LogP contribution in [-0.4, -0.2) is 9.97 Å². The molecule has 0 saturated carbocycles. The first-order valence-corrected chi connectivity index (χ1v) is 8.76. The maximum atomic E-state index is 11.3. The summed E-state index contributed by atoms with van der Waals surface area (Å²) in [5.41, 5.74) is 3.07. The minimum absolute atomic E-state index is 0.214. The summed E-state index contributed by atoms with van der Waals surface area (Å²) >= 11 is 9.66. The number of halogens is 2. The zero-order valence-electron chi connectivity index (χ0n) is 12.9. The number of fused-ring (bicyclic) bond motifs is 1. The third-order valence-corrected chi connectivity index (χ3v) is 4.65. The number of furan rings is 1. The molecule has 4 rings (SSSR count). The van der Waals surface area contributed by atoms with E-state index in [1.165, 1.54) is 0 Å². The van der Waals surface area contributed by atoms with Crippen LogP contribution in [-0.2, 0) is 6.54 Å². The summed E-state index contributed by atoms with van der Waals surface area (Å²) in [6, 6.07) is 15.1. The quantitative estimate of drug-likeness (QED) is 0.429. The molecule has 0 unspecified atom stereocenters. The van der Waals surface area contributed by atoms with E-state index in [4.69, 9.17) is 16.0 Å². The zero-order valence-corrected chi connectivity index (χ0v) is 15.2. The summed E-state index contributed by atoms with van der Waals surface area (Å²) in [4.78, 5) is 16.8. The lowest BCUT2D eigenvalue weighted by atomic mass is 10.2. The first-order chi connectivity index (χ1) is 12.1. The fraction of sp³-hybridized carbons (Fsp3) is 0.0556. The highest BCUT2D eigenvalue weighted by Gasteiger charge is 2.09. The molecule has 3 N–H and O–H groups in total. The van der Waals surface area contributed by atoms with Crippen molar-refractivity contribution in [1.29, 1.82) is 0 Å². The predicted octanol–water partition coefficient (Wildman–Crippen LogP) is 5.14. The first-order valence-electron chi connectivity index (χ1n) is 7.58. The van der Waals surface area contributed by atoms with Crippen LogP contribution in [0, 0.1) is 0 Å². The highest BCUT2D eigenvalue weighted by molar-refractivity contribution is 9.10. The van der Waals surface area contributed by atoms with E-state index in [0.717, 1.165) is 38.3 Å². The number of H-pyrrole nitrogens is 2. The standard InChI is InChI=1S/C18H13BrClN3O2/c19-10-1-4-13(14(20)7-10)17-6-3-12(25-17)9-21-11-2-5-15-16(8-11)23-18(24)22-15/h1-8,21H,9H2,(H2,22,23,24). The van der Waals surface area contributed by atoms with Crippen molar-refractivity contribution in [3.63, 3.8) is 0 Å². The van der Waals surface area contributed by atoms with E-state index < -0.39 is 0 Å². The Morgan fingerprint density at radius 1 is 1.04 bits per heavy atom. The lowest BCUT2D eigenvalue weighted by molar-refractivity contribution is 0.531. The lowest BCUT2D eigenvalue weighted by Crippen LogP contribution is -1.99. The second kappa shape index (κ2) is 6.46. The Morgan fingerprint density at radius 2 is 1.88 bits per heavy atom. The molecule has 7 heteroatoms. The van der Waals surface area contributed by atoms with Gasteiger partial charge in [0.05, 0.1) is 22.6 Å².